The minimum absolute atomic E-state index is 0.602. The van der Waals surface area contributed by atoms with E-state index in [0.29, 0.717) is 12.1 Å². The summed E-state index contributed by atoms with van der Waals surface area (Å²) in [4.78, 5) is 4.69. The summed E-state index contributed by atoms with van der Waals surface area (Å²) in [6, 6.07) is 6.15. The predicted octanol–water partition coefficient (Wildman–Crippen LogP) is 4.52. The molecule has 1 fully saturated rings. The van der Waals surface area contributed by atoms with Crippen LogP contribution in [-0.2, 0) is 0 Å². The third-order valence-corrected chi connectivity index (χ3v) is 4.13. The van der Waals surface area contributed by atoms with Crippen molar-refractivity contribution in [2.45, 2.75) is 72.5 Å². The largest absolute Gasteiger partial charge is 0.352 e. The molecule has 0 radical (unpaired) electrons. The molecule has 1 aromatic heterocycles. The van der Waals surface area contributed by atoms with Crippen molar-refractivity contribution in [1.82, 2.24) is 14.4 Å². The molecule has 0 spiro atoms. The van der Waals surface area contributed by atoms with Crippen molar-refractivity contribution in [1.29, 1.82) is 0 Å². The first-order valence-electron chi connectivity index (χ1n) is 8.78. The Labute approximate surface area is 139 Å². The molecule has 0 amide bonds. The number of rotatable bonds is 3. The van der Waals surface area contributed by atoms with Crippen LogP contribution in [0.3, 0.4) is 0 Å². The zero-order chi connectivity index (χ0) is 17.1. The van der Waals surface area contributed by atoms with Gasteiger partial charge in [-0.3, -0.25) is 0 Å². The van der Waals surface area contributed by atoms with E-state index in [1.165, 1.54) is 25.9 Å². The quantitative estimate of drug-likeness (QED) is 0.813. The average Bonchev–Trinajstić information content (AvgIpc) is 3.14. The lowest BCUT2D eigenvalue weighted by Crippen LogP contribution is -2.26. The molecule has 0 atom stereocenters. The second kappa shape index (κ2) is 11.7. The topological polar surface area (TPSA) is 11.4 Å². The highest BCUT2D eigenvalue weighted by Crippen LogP contribution is 2.09. The molecular formula is C19H39N3. The summed E-state index contributed by atoms with van der Waals surface area (Å²) in [6.07, 6.45) is 6.98. The highest BCUT2D eigenvalue weighted by molar-refractivity contribution is 4.91. The summed E-state index contributed by atoms with van der Waals surface area (Å²) < 4.78 is 2.17. The van der Waals surface area contributed by atoms with Gasteiger partial charge in [0.25, 0.3) is 0 Å². The van der Waals surface area contributed by atoms with E-state index in [-0.39, 0.29) is 0 Å². The van der Waals surface area contributed by atoms with Crippen LogP contribution in [0.25, 0.3) is 0 Å². The van der Waals surface area contributed by atoms with Crippen LogP contribution in [0.5, 0.6) is 0 Å². The van der Waals surface area contributed by atoms with Crippen molar-refractivity contribution in [2.75, 3.05) is 27.2 Å². The van der Waals surface area contributed by atoms with Gasteiger partial charge in [-0.2, -0.15) is 0 Å². The van der Waals surface area contributed by atoms with E-state index in [1.54, 1.807) is 0 Å². The minimum atomic E-state index is 0.602. The fraction of sp³-hybridized carbons (Fsp3) is 0.789. The molecule has 0 saturated carbocycles. The summed E-state index contributed by atoms with van der Waals surface area (Å²) >= 11 is 0. The average molecular weight is 310 g/mol. The van der Waals surface area contributed by atoms with Crippen molar-refractivity contribution in [3.63, 3.8) is 0 Å². The molecule has 2 heterocycles. The van der Waals surface area contributed by atoms with Crippen molar-refractivity contribution in [2.24, 2.45) is 0 Å². The van der Waals surface area contributed by atoms with E-state index in [2.05, 4.69) is 82.4 Å². The van der Waals surface area contributed by atoms with Crippen molar-refractivity contribution >= 4 is 0 Å². The zero-order valence-electron chi connectivity index (χ0n) is 16.2. The molecule has 1 saturated heterocycles. The number of aromatic nitrogens is 1. The molecule has 22 heavy (non-hydrogen) atoms. The van der Waals surface area contributed by atoms with Gasteiger partial charge in [0, 0.05) is 30.5 Å². The molecule has 1 aliphatic rings. The highest BCUT2D eigenvalue weighted by Gasteiger charge is 2.13. The van der Waals surface area contributed by atoms with E-state index in [0.717, 1.165) is 6.04 Å². The molecule has 0 unspecified atom stereocenters. The third-order valence-electron chi connectivity index (χ3n) is 4.13. The molecule has 0 aromatic carbocycles. The maximum atomic E-state index is 2.53. The molecule has 1 aromatic rings. The van der Waals surface area contributed by atoms with E-state index in [1.807, 2.05) is 12.1 Å². The SMILES string of the molecule is CC(C)N(C)C.CC(C)N1CCCC1.CC(C)n1cccc1. The maximum absolute atomic E-state index is 2.53. The van der Waals surface area contributed by atoms with E-state index >= 15 is 0 Å². The van der Waals surface area contributed by atoms with Crippen LogP contribution in [0.2, 0.25) is 0 Å². The minimum Gasteiger partial charge on any atom is -0.352 e. The predicted molar refractivity (Wildman–Crippen MR) is 99.6 cm³/mol. The van der Waals surface area contributed by atoms with Crippen LogP contribution in [0.1, 0.15) is 60.4 Å². The van der Waals surface area contributed by atoms with Crippen molar-refractivity contribution < 1.29 is 0 Å². The first-order valence-corrected chi connectivity index (χ1v) is 8.78. The molecule has 0 N–H and O–H groups in total. The van der Waals surface area contributed by atoms with E-state index < -0.39 is 0 Å². The number of nitrogens with zero attached hydrogens (tertiary/aromatic N) is 3. The lowest BCUT2D eigenvalue weighted by atomic mass is 10.3. The van der Waals surface area contributed by atoms with Gasteiger partial charge in [0.05, 0.1) is 0 Å². The van der Waals surface area contributed by atoms with Gasteiger partial charge < -0.3 is 14.4 Å². The van der Waals surface area contributed by atoms with E-state index in [4.69, 9.17) is 0 Å². The Morgan fingerprint density at radius 2 is 1.18 bits per heavy atom. The smallest absolute Gasteiger partial charge is 0.0274 e. The fourth-order valence-corrected chi connectivity index (χ4v) is 1.95. The number of hydrogen-bond donors (Lipinski definition) is 0. The zero-order valence-corrected chi connectivity index (χ0v) is 16.2. The standard InChI is InChI=1S/C7H15N.C7H11N.C5H13N/c2*1-7(2)8-5-3-4-6-8;1-5(2)6(3)4/h7H,3-6H2,1-2H3;3-7H,1-2H3;5H,1-4H3. The Morgan fingerprint density at radius 3 is 1.36 bits per heavy atom. The highest BCUT2D eigenvalue weighted by atomic mass is 15.2. The van der Waals surface area contributed by atoms with Crippen molar-refractivity contribution in [3.8, 4) is 0 Å². The third kappa shape index (κ3) is 10.0. The normalized spacial score (nSPS) is 15.1. The van der Waals surface area contributed by atoms with Gasteiger partial charge in [-0.1, -0.05) is 0 Å². The van der Waals surface area contributed by atoms with Crippen LogP contribution in [0.15, 0.2) is 24.5 Å². The van der Waals surface area contributed by atoms with Crippen LogP contribution in [0, 0.1) is 0 Å². The van der Waals surface area contributed by atoms with Gasteiger partial charge in [-0.25, -0.2) is 0 Å². The van der Waals surface area contributed by atoms with Gasteiger partial charge in [0.1, 0.15) is 0 Å². The summed E-state index contributed by atoms with van der Waals surface area (Å²) in [5.74, 6) is 0. The Kier molecular flexibility index (Phi) is 11.3. The molecule has 0 bridgehead atoms. The molecule has 3 heteroatoms. The Hall–Kier alpha value is -0.800. The lowest BCUT2D eigenvalue weighted by Gasteiger charge is -2.18. The maximum Gasteiger partial charge on any atom is 0.0274 e. The Bertz CT molecular complexity index is 328. The summed E-state index contributed by atoms with van der Waals surface area (Å²) in [7, 11) is 4.15. The Balaban J connectivity index is 0.000000306. The van der Waals surface area contributed by atoms with Gasteiger partial charge in [-0.15, -0.1) is 0 Å². The van der Waals surface area contributed by atoms with Gasteiger partial charge >= 0.3 is 0 Å². The van der Waals surface area contributed by atoms with Crippen LogP contribution in [0.4, 0.5) is 0 Å². The fourth-order valence-electron chi connectivity index (χ4n) is 1.95. The van der Waals surface area contributed by atoms with Gasteiger partial charge in [0.2, 0.25) is 0 Å². The summed E-state index contributed by atoms with van der Waals surface area (Å²) in [5.41, 5.74) is 0. The molecule has 130 valence electrons. The van der Waals surface area contributed by atoms with Crippen LogP contribution in [-0.4, -0.2) is 53.6 Å². The Morgan fingerprint density at radius 1 is 0.773 bits per heavy atom. The first-order chi connectivity index (χ1) is 10.3. The summed E-state index contributed by atoms with van der Waals surface area (Å²) in [5, 5.41) is 0. The van der Waals surface area contributed by atoms with Crippen LogP contribution < -0.4 is 0 Å². The second-order valence-corrected chi connectivity index (χ2v) is 7.12. The second-order valence-electron chi connectivity index (χ2n) is 7.12. The van der Waals surface area contributed by atoms with Crippen LogP contribution >= 0.6 is 0 Å². The molecular weight excluding hydrogens is 270 g/mol. The number of hydrogen-bond acceptors (Lipinski definition) is 2. The monoisotopic (exact) mass is 309 g/mol. The van der Waals surface area contributed by atoms with Gasteiger partial charge in [0.15, 0.2) is 0 Å². The van der Waals surface area contributed by atoms with E-state index in [9.17, 15) is 0 Å². The molecule has 3 nitrogen and oxygen atoms in total. The van der Waals surface area contributed by atoms with Gasteiger partial charge in [-0.05, 0) is 93.7 Å². The first kappa shape index (κ1) is 21.2. The lowest BCUT2D eigenvalue weighted by molar-refractivity contribution is 0.276. The molecule has 1 aliphatic heterocycles. The number of likely N-dealkylation sites (tertiary alicyclic amines) is 1. The summed E-state index contributed by atoms with van der Waals surface area (Å²) in [6.45, 7) is 15.9. The molecule has 0 aliphatic carbocycles. The van der Waals surface area contributed by atoms with Crippen molar-refractivity contribution in [3.05, 3.63) is 24.5 Å². The molecule has 2 rings (SSSR count).